The highest BCUT2D eigenvalue weighted by molar-refractivity contribution is 5.88. The number of phenolic OH excluding ortho intramolecular Hbond substituents is 1. The maximum absolute atomic E-state index is 12.9. The molecule has 0 aliphatic carbocycles. The third kappa shape index (κ3) is 3.22. The molecule has 0 fully saturated rings. The first kappa shape index (κ1) is 12.9. The summed E-state index contributed by atoms with van der Waals surface area (Å²) in [5, 5.41) is 18.4. The Labute approximate surface area is 108 Å². The van der Waals surface area contributed by atoms with E-state index in [0.29, 0.717) is 11.3 Å². The average Bonchev–Trinajstić information content (AvgIpc) is 2.37. The number of rotatable bonds is 4. The summed E-state index contributed by atoms with van der Waals surface area (Å²) in [5.41, 5.74) is 0.418. The van der Waals surface area contributed by atoms with Crippen molar-refractivity contribution in [3.8, 4) is 11.5 Å². The molecule has 2 aromatic carbocycles. The maximum atomic E-state index is 12.9. The molecule has 0 unspecified atom stereocenters. The van der Waals surface area contributed by atoms with Crippen molar-refractivity contribution in [3.63, 3.8) is 0 Å². The first-order valence-electron chi connectivity index (χ1n) is 5.50. The number of phenols is 1. The van der Waals surface area contributed by atoms with E-state index in [1.165, 1.54) is 30.3 Å². The molecular formula is C14H11FO4. The Morgan fingerprint density at radius 1 is 1.21 bits per heavy atom. The second kappa shape index (κ2) is 5.39. The van der Waals surface area contributed by atoms with Gasteiger partial charge in [0.15, 0.2) is 0 Å². The Hall–Kier alpha value is -2.56. The normalized spacial score (nSPS) is 10.2. The SMILES string of the molecule is O=C(O)c1ccc(COc2cccc(F)c2)c(O)c1. The molecule has 2 N–H and O–H groups in total. The zero-order chi connectivity index (χ0) is 13.8. The third-order valence-corrected chi connectivity index (χ3v) is 2.52. The van der Waals surface area contributed by atoms with Gasteiger partial charge in [-0.25, -0.2) is 9.18 Å². The largest absolute Gasteiger partial charge is 0.508 e. The smallest absolute Gasteiger partial charge is 0.335 e. The van der Waals surface area contributed by atoms with Crippen molar-refractivity contribution in [2.75, 3.05) is 0 Å². The molecule has 2 rings (SSSR count). The predicted octanol–water partition coefficient (Wildman–Crippen LogP) is 2.81. The van der Waals surface area contributed by atoms with Gasteiger partial charge in [0.25, 0.3) is 0 Å². The van der Waals surface area contributed by atoms with Gasteiger partial charge < -0.3 is 14.9 Å². The van der Waals surface area contributed by atoms with E-state index < -0.39 is 11.8 Å². The van der Waals surface area contributed by atoms with Crippen LogP contribution in [0.5, 0.6) is 11.5 Å². The molecule has 0 spiro atoms. The molecular weight excluding hydrogens is 251 g/mol. The standard InChI is InChI=1S/C14H11FO4/c15-11-2-1-3-12(7-11)19-8-10-5-4-9(14(17)18)6-13(10)16/h1-7,16H,8H2,(H,17,18). The highest BCUT2D eigenvalue weighted by Gasteiger charge is 2.08. The van der Waals surface area contributed by atoms with Crippen LogP contribution in [0.15, 0.2) is 42.5 Å². The zero-order valence-corrected chi connectivity index (χ0v) is 9.84. The van der Waals surface area contributed by atoms with Gasteiger partial charge in [0.2, 0.25) is 0 Å². The van der Waals surface area contributed by atoms with E-state index in [0.717, 1.165) is 6.07 Å². The molecule has 5 heteroatoms. The lowest BCUT2D eigenvalue weighted by Crippen LogP contribution is -1.99. The van der Waals surface area contributed by atoms with Gasteiger partial charge in [-0.1, -0.05) is 12.1 Å². The van der Waals surface area contributed by atoms with Crippen molar-refractivity contribution in [1.29, 1.82) is 0 Å². The minimum atomic E-state index is -1.12. The lowest BCUT2D eigenvalue weighted by atomic mass is 10.1. The first-order chi connectivity index (χ1) is 9.06. The monoisotopic (exact) mass is 262 g/mol. The van der Waals surface area contributed by atoms with Crippen LogP contribution in [0, 0.1) is 5.82 Å². The minimum Gasteiger partial charge on any atom is -0.508 e. The molecule has 0 heterocycles. The fourth-order valence-corrected chi connectivity index (χ4v) is 1.54. The van der Waals surface area contributed by atoms with Crippen molar-refractivity contribution < 1.29 is 24.1 Å². The summed E-state index contributed by atoms with van der Waals surface area (Å²) in [5.74, 6) is -1.37. The van der Waals surface area contributed by atoms with E-state index in [9.17, 15) is 14.3 Å². The summed E-state index contributed by atoms with van der Waals surface area (Å²) in [7, 11) is 0. The molecule has 0 aromatic heterocycles. The second-order valence-corrected chi connectivity index (χ2v) is 3.89. The first-order valence-corrected chi connectivity index (χ1v) is 5.50. The average molecular weight is 262 g/mol. The summed E-state index contributed by atoms with van der Waals surface area (Å²) >= 11 is 0. The van der Waals surface area contributed by atoms with Gasteiger partial charge in [0.05, 0.1) is 5.56 Å². The number of carboxylic acids is 1. The van der Waals surface area contributed by atoms with Crippen LogP contribution in [0.2, 0.25) is 0 Å². The number of ether oxygens (including phenoxy) is 1. The van der Waals surface area contributed by atoms with E-state index in [-0.39, 0.29) is 17.9 Å². The van der Waals surface area contributed by atoms with Crippen LogP contribution in [0.1, 0.15) is 15.9 Å². The summed E-state index contributed by atoms with van der Waals surface area (Å²) in [6.07, 6.45) is 0. The van der Waals surface area contributed by atoms with Crippen LogP contribution in [-0.4, -0.2) is 16.2 Å². The van der Waals surface area contributed by atoms with Gasteiger partial charge >= 0.3 is 5.97 Å². The molecule has 0 saturated heterocycles. The highest BCUT2D eigenvalue weighted by atomic mass is 19.1. The fourth-order valence-electron chi connectivity index (χ4n) is 1.54. The Balaban J connectivity index is 2.10. The van der Waals surface area contributed by atoms with E-state index in [1.54, 1.807) is 6.07 Å². The number of carboxylic acid groups (broad SMARTS) is 1. The Morgan fingerprint density at radius 2 is 2.00 bits per heavy atom. The predicted molar refractivity (Wildman–Crippen MR) is 65.8 cm³/mol. The van der Waals surface area contributed by atoms with Gasteiger partial charge in [-0.3, -0.25) is 0 Å². The van der Waals surface area contributed by atoms with Crippen LogP contribution in [0.25, 0.3) is 0 Å². The third-order valence-electron chi connectivity index (χ3n) is 2.52. The number of benzene rings is 2. The van der Waals surface area contributed by atoms with Crippen molar-refractivity contribution in [1.82, 2.24) is 0 Å². The summed E-state index contributed by atoms with van der Waals surface area (Å²) in [4.78, 5) is 10.7. The molecule has 0 saturated carbocycles. The lowest BCUT2D eigenvalue weighted by molar-refractivity contribution is 0.0696. The topological polar surface area (TPSA) is 66.8 Å². The van der Waals surface area contributed by atoms with Gasteiger partial charge in [-0.05, 0) is 24.3 Å². The summed E-state index contributed by atoms with van der Waals surface area (Å²) in [6, 6.07) is 9.59. The number of aromatic hydroxyl groups is 1. The number of aromatic carboxylic acids is 1. The zero-order valence-electron chi connectivity index (χ0n) is 9.84. The summed E-state index contributed by atoms with van der Waals surface area (Å²) < 4.78 is 18.2. The van der Waals surface area contributed by atoms with E-state index in [2.05, 4.69) is 0 Å². The number of carbonyl (C=O) groups is 1. The van der Waals surface area contributed by atoms with E-state index in [1.807, 2.05) is 0 Å². The Morgan fingerprint density at radius 3 is 2.63 bits per heavy atom. The summed E-state index contributed by atoms with van der Waals surface area (Å²) in [6.45, 7) is 0.0230. The minimum absolute atomic E-state index is 0.00740. The number of hydrogen-bond donors (Lipinski definition) is 2. The fraction of sp³-hybridized carbons (Fsp3) is 0.0714. The van der Waals surface area contributed by atoms with Crippen LogP contribution < -0.4 is 4.74 Å². The lowest BCUT2D eigenvalue weighted by Gasteiger charge is -2.08. The van der Waals surface area contributed by atoms with Crippen LogP contribution >= 0.6 is 0 Å². The molecule has 0 aliphatic rings. The molecule has 98 valence electrons. The van der Waals surface area contributed by atoms with Crippen molar-refractivity contribution in [3.05, 3.63) is 59.4 Å². The van der Waals surface area contributed by atoms with Crippen LogP contribution in [0.3, 0.4) is 0 Å². The Kier molecular flexibility index (Phi) is 3.66. The molecule has 0 bridgehead atoms. The van der Waals surface area contributed by atoms with Crippen molar-refractivity contribution in [2.24, 2.45) is 0 Å². The van der Waals surface area contributed by atoms with Gasteiger partial charge in [-0.2, -0.15) is 0 Å². The van der Waals surface area contributed by atoms with Crippen LogP contribution in [0.4, 0.5) is 4.39 Å². The molecule has 0 radical (unpaired) electrons. The molecule has 4 nitrogen and oxygen atoms in total. The van der Waals surface area contributed by atoms with Crippen molar-refractivity contribution >= 4 is 5.97 Å². The Bertz CT molecular complexity index is 610. The van der Waals surface area contributed by atoms with Gasteiger partial charge in [-0.15, -0.1) is 0 Å². The quantitative estimate of drug-likeness (QED) is 0.889. The van der Waals surface area contributed by atoms with E-state index in [4.69, 9.17) is 9.84 Å². The molecule has 0 amide bonds. The molecule has 19 heavy (non-hydrogen) atoms. The highest BCUT2D eigenvalue weighted by Crippen LogP contribution is 2.21. The van der Waals surface area contributed by atoms with Crippen molar-refractivity contribution in [2.45, 2.75) is 6.61 Å². The van der Waals surface area contributed by atoms with Gasteiger partial charge in [0, 0.05) is 11.6 Å². The second-order valence-electron chi connectivity index (χ2n) is 3.89. The molecule has 0 atom stereocenters. The van der Waals surface area contributed by atoms with E-state index >= 15 is 0 Å². The molecule has 0 aliphatic heterocycles. The maximum Gasteiger partial charge on any atom is 0.335 e. The van der Waals surface area contributed by atoms with Gasteiger partial charge in [0.1, 0.15) is 23.9 Å². The van der Waals surface area contributed by atoms with Crippen LogP contribution in [-0.2, 0) is 6.61 Å². The molecule has 2 aromatic rings. The number of halogens is 1. The number of hydrogen-bond acceptors (Lipinski definition) is 3.